The number of thiocarbonyl (C=S) groups is 3. The number of benzene rings is 1. The molecule has 11 rings (SSSR count). The molecule has 23 heteroatoms. The van der Waals surface area contributed by atoms with E-state index >= 15 is 0 Å². The molecule has 0 saturated heterocycles. The highest BCUT2D eigenvalue weighted by Crippen LogP contribution is 2.43. The molecule has 5 heterocycles. The van der Waals surface area contributed by atoms with Crippen molar-refractivity contribution in [2.24, 2.45) is 67.7 Å². The zero-order chi connectivity index (χ0) is 58.4. The van der Waals surface area contributed by atoms with Gasteiger partial charge in [0.2, 0.25) is 0 Å². The lowest BCUT2D eigenvalue weighted by Gasteiger charge is -2.22. The van der Waals surface area contributed by atoms with Crippen LogP contribution in [0.4, 0.5) is 0 Å². The maximum absolute atomic E-state index is 11.1. The molecule has 448 valence electrons. The Hall–Kier alpha value is -3.06. The van der Waals surface area contributed by atoms with E-state index in [0.717, 1.165) is 93.5 Å². The first-order valence-electron chi connectivity index (χ1n) is 29.1. The fourth-order valence-electron chi connectivity index (χ4n) is 11.6. The number of alkyl halides is 1. The van der Waals surface area contributed by atoms with Crippen molar-refractivity contribution in [2.45, 2.75) is 168 Å². The standard InChI is InChI=1S/C11H19N3S.2C10H17N3S.C8H10O3S.2C7H12N2.C3H5NS.CH3I/c1-3-12-10(15-2)14-9-11(8-13-14)6-4-5-7-11;2*1-2-11-9(14)13-8-10(7-12-13)5-3-4-6-10;1-7-3-5-8(6-4-7)12(9,10)11-2;2*1-2-4-7(3-1)5-8-9-6-7;1-2-4-3-5;1-2/h8H,3-7,9H2,1-2H3;2*7H,2-6,8H2,1H3,(H,11,14);3-6H,1-2H3;1-6H2;5,9H,1-4,6H2;2H2,1H3;1H3. The number of hydrazone groups is 4. The summed E-state index contributed by atoms with van der Waals surface area (Å²) in [6.45, 7) is 19.5. The van der Waals surface area contributed by atoms with Crippen molar-refractivity contribution in [3.05, 3.63) is 29.8 Å². The number of thioether (sulfide) groups is 1. The third kappa shape index (κ3) is 21.8. The van der Waals surface area contributed by atoms with Crippen LogP contribution in [0.25, 0.3) is 0 Å². The molecule has 0 bridgehead atoms. The number of hydrogen-bond donors (Lipinski definition) is 3. The Kier molecular flexibility index (Phi) is 31.2. The molecule has 0 amide bonds. The van der Waals surface area contributed by atoms with Gasteiger partial charge in [0, 0.05) is 84.7 Å². The predicted octanol–water partition coefficient (Wildman–Crippen LogP) is 12.7. The van der Waals surface area contributed by atoms with E-state index in [0.29, 0.717) is 27.1 Å². The molecule has 5 aliphatic carbocycles. The van der Waals surface area contributed by atoms with E-state index in [1.807, 2.05) is 28.8 Å². The van der Waals surface area contributed by atoms with Gasteiger partial charge in [-0.3, -0.25) is 9.18 Å². The molecule has 0 aromatic heterocycles. The average molecular weight is 1310 g/mol. The fourth-order valence-corrected chi connectivity index (χ4v) is 13.5. The van der Waals surface area contributed by atoms with E-state index in [-0.39, 0.29) is 4.90 Å². The number of halogens is 1. The van der Waals surface area contributed by atoms with Gasteiger partial charge in [-0.15, -0.1) is 0 Å². The van der Waals surface area contributed by atoms with E-state index in [1.165, 1.54) is 141 Å². The second-order valence-electron chi connectivity index (χ2n) is 22.2. The molecule has 5 spiro atoms. The van der Waals surface area contributed by atoms with Gasteiger partial charge in [-0.05, 0) is 159 Å². The molecule has 17 nitrogen and oxygen atoms in total. The number of nitrogens with one attached hydrogen (secondary N) is 3. The lowest BCUT2D eigenvalue weighted by atomic mass is 9.88. The van der Waals surface area contributed by atoms with E-state index < -0.39 is 10.1 Å². The lowest BCUT2D eigenvalue weighted by molar-refractivity contribution is 0.344. The van der Waals surface area contributed by atoms with Crippen molar-refractivity contribution in [1.82, 2.24) is 31.1 Å². The summed E-state index contributed by atoms with van der Waals surface area (Å²) in [6.07, 6.45) is 37.5. The normalized spacial score (nSPS) is 21.6. The van der Waals surface area contributed by atoms with Crippen molar-refractivity contribution >= 4 is 127 Å². The zero-order valence-corrected chi connectivity index (χ0v) is 55.6. The van der Waals surface area contributed by atoms with Gasteiger partial charge in [-0.25, -0.2) is 20.0 Å². The summed E-state index contributed by atoms with van der Waals surface area (Å²) in [5.74, 6) is 0. The van der Waals surface area contributed by atoms with Crippen LogP contribution in [0.5, 0.6) is 0 Å². The van der Waals surface area contributed by atoms with Crippen molar-refractivity contribution in [3.8, 4) is 0 Å². The van der Waals surface area contributed by atoms with Crippen molar-refractivity contribution in [2.75, 3.05) is 83.7 Å². The third-order valence-corrected chi connectivity index (χ3v) is 19.0. The molecule has 1 aromatic rings. The van der Waals surface area contributed by atoms with Crippen LogP contribution in [-0.4, -0.2) is 153 Å². The second-order valence-corrected chi connectivity index (χ2v) is 25.7. The first-order chi connectivity index (χ1) is 38.6. The number of rotatable bonds is 6. The summed E-state index contributed by atoms with van der Waals surface area (Å²) in [6, 6.07) is 6.50. The zero-order valence-electron chi connectivity index (χ0n) is 49.4. The van der Waals surface area contributed by atoms with Gasteiger partial charge in [0.15, 0.2) is 15.4 Å². The monoisotopic (exact) mass is 1310 g/mol. The van der Waals surface area contributed by atoms with E-state index in [2.05, 4.69) is 158 Å². The van der Waals surface area contributed by atoms with Gasteiger partial charge in [0.25, 0.3) is 10.1 Å². The Morgan fingerprint density at radius 3 is 1.44 bits per heavy atom. The second kappa shape index (κ2) is 35.9. The van der Waals surface area contributed by atoms with Gasteiger partial charge < -0.3 is 16.1 Å². The van der Waals surface area contributed by atoms with Gasteiger partial charge in [-0.1, -0.05) is 116 Å². The van der Waals surface area contributed by atoms with Crippen LogP contribution in [0.3, 0.4) is 0 Å². The summed E-state index contributed by atoms with van der Waals surface area (Å²) in [4.78, 5) is 10.2. The Bertz CT molecular complexity index is 2310. The Morgan fingerprint density at radius 2 is 1.09 bits per heavy atom. The maximum atomic E-state index is 11.1. The predicted molar refractivity (Wildman–Crippen MR) is 356 cm³/mol. The first-order valence-corrected chi connectivity index (χ1v) is 35.1. The molecule has 5 saturated carbocycles. The van der Waals surface area contributed by atoms with Crippen LogP contribution in [-0.2, 0) is 14.3 Å². The summed E-state index contributed by atoms with van der Waals surface area (Å²) in [5, 5.41) is 42.5. The molecule has 0 unspecified atom stereocenters. The van der Waals surface area contributed by atoms with Crippen LogP contribution < -0.4 is 16.1 Å². The van der Waals surface area contributed by atoms with E-state index in [9.17, 15) is 8.42 Å². The van der Waals surface area contributed by atoms with Crippen LogP contribution >= 0.6 is 71.0 Å². The first kappa shape index (κ1) is 69.4. The van der Waals surface area contributed by atoms with Crippen LogP contribution in [0.1, 0.15) is 162 Å². The van der Waals surface area contributed by atoms with Crippen LogP contribution in [0.15, 0.2) is 69.8 Å². The summed E-state index contributed by atoms with van der Waals surface area (Å²) in [7, 11) is -2.37. The minimum atomic E-state index is -3.51. The smallest absolute Gasteiger partial charge is 0.296 e. The minimum Gasteiger partial charge on any atom is -0.361 e. The van der Waals surface area contributed by atoms with Crippen molar-refractivity contribution in [1.29, 1.82) is 0 Å². The molecule has 0 atom stereocenters. The fraction of sp³-hybridized carbons (Fsp3) is 0.754. The molecule has 5 fully saturated rings. The number of azo groups is 1. The topological polar surface area (TPSA) is 188 Å². The Balaban J connectivity index is 0.000000203. The van der Waals surface area contributed by atoms with Gasteiger partial charge in [0.1, 0.15) is 0 Å². The molecule has 0 radical (unpaired) electrons. The number of isothiocyanates is 1. The molecular weight excluding hydrogens is 1220 g/mol. The maximum Gasteiger partial charge on any atom is 0.296 e. The Morgan fingerprint density at radius 1 is 0.675 bits per heavy atom. The molecule has 3 N–H and O–H groups in total. The number of aryl methyl sites for hydroxylation is 1. The highest BCUT2D eigenvalue weighted by atomic mass is 127. The summed E-state index contributed by atoms with van der Waals surface area (Å²) in [5.41, 5.74) is 6.16. The number of nitrogens with zero attached hydrogens (tertiary/aromatic N) is 11. The van der Waals surface area contributed by atoms with E-state index in [1.54, 1.807) is 23.9 Å². The number of aliphatic imine (C=N–C) groups is 2. The minimum absolute atomic E-state index is 0.190. The highest BCUT2D eigenvalue weighted by Gasteiger charge is 2.41. The lowest BCUT2D eigenvalue weighted by Crippen LogP contribution is -2.38. The SMILES string of the molecule is C1=NNCC12CCCC2.C1CCC2(C1)CN=NC2.CCN=C(SC)N1CC2(C=N1)CCCC2.CCN=C=S.CCNC(=S)N1CC2(C=N1)CCCC2.CCNC(=S)N1CC2(C=N1)CCCC2.CI.COS(=O)(=O)c1ccc(C)cc1. The van der Waals surface area contributed by atoms with Crippen LogP contribution in [0.2, 0.25) is 0 Å². The summed E-state index contributed by atoms with van der Waals surface area (Å²) < 4.78 is 26.5. The highest BCUT2D eigenvalue weighted by molar-refractivity contribution is 14.1. The third-order valence-electron chi connectivity index (χ3n) is 16.2. The molecule has 5 aliphatic heterocycles. The molecule has 80 heavy (non-hydrogen) atoms. The van der Waals surface area contributed by atoms with Crippen molar-refractivity contribution < 1.29 is 12.6 Å². The van der Waals surface area contributed by atoms with E-state index in [4.69, 9.17) is 24.4 Å². The van der Waals surface area contributed by atoms with Crippen LogP contribution in [0, 0.1) is 34.0 Å². The van der Waals surface area contributed by atoms with Gasteiger partial charge in [-0.2, -0.15) is 39.1 Å². The van der Waals surface area contributed by atoms with Gasteiger partial charge >= 0.3 is 0 Å². The summed E-state index contributed by atoms with van der Waals surface area (Å²) >= 11 is 18.5. The molecule has 10 aliphatic rings. The number of amidine groups is 1. The quantitative estimate of drug-likeness (QED) is 0.0610. The molecular formula is C57H95IN14O3S5. The Labute approximate surface area is 515 Å². The molecule has 1 aromatic carbocycles. The van der Waals surface area contributed by atoms with Crippen molar-refractivity contribution in [3.63, 3.8) is 0 Å². The van der Waals surface area contributed by atoms with Gasteiger partial charge in [0.05, 0.1) is 49.9 Å². The number of hydrogen-bond acceptors (Lipinski definition) is 16. The average Bonchev–Trinajstić information content (AvgIpc) is 4.34. The largest absolute Gasteiger partial charge is 0.361 e.